The molecule has 3 rings (SSSR count). The zero-order chi connectivity index (χ0) is 18.0. The van der Waals surface area contributed by atoms with Crippen LogP contribution in [-0.4, -0.2) is 64.7 Å². The first kappa shape index (κ1) is 17.3. The van der Waals surface area contributed by atoms with Crippen molar-refractivity contribution in [1.82, 2.24) is 19.7 Å². The van der Waals surface area contributed by atoms with Crippen LogP contribution in [0.1, 0.15) is 17.8 Å². The molecule has 2 heterocycles. The zero-order valence-corrected chi connectivity index (χ0v) is 15.1. The molecule has 2 aromatic rings. The van der Waals surface area contributed by atoms with Crippen LogP contribution < -0.4 is 0 Å². The van der Waals surface area contributed by atoms with Crippen LogP contribution in [0.3, 0.4) is 0 Å². The van der Waals surface area contributed by atoms with Crippen molar-refractivity contribution in [3.8, 4) is 0 Å². The molecule has 1 aromatic heterocycles. The fourth-order valence-corrected chi connectivity index (χ4v) is 3.77. The number of aromatic nitrogens is 1. The maximum atomic E-state index is 12.3. The van der Waals surface area contributed by atoms with Crippen molar-refractivity contribution in [2.24, 2.45) is 0 Å². The van der Waals surface area contributed by atoms with Crippen LogP contribution in [0.5, 0.6) is 0 Å². The fourth-order valence-electron chi connectivity index (χ4n) is 2.75. The normalized spacial score (nSPS) is 14.6. The predicted molar refractivity (Wildman–Crippen MR) is 95.1 cm³/mol. The molecule has 8 heteroatoms. The van der Waals surface area contributed by atoms with E-state index in [2.05, 4.69) is 4.98 Å². The third kappa shape index (κ3) is 3.79. The second kappa shape index (κ2) is 7.18. The van der Waals surface area contributed by atoms with Crippen LogP contribution in [0.15, 0.2) is 24.3 Å². The Kier molecular flexibility index (Phi) is 4.98. The number of nitrogens with zero attached hydrogens (tertiary/aromatic N) is 4. The number of hydrogen-bond acceptors (Lipinski definition) is 5. The van der Waals surface area contributed by atoms with Gasteiger partial charge in [-0.2, -0.15) is 0 Å². The smallest absolute Gasteiger partial charge is 0.326 e. The monoisotopic (exact) mass is 360 g/mol. The first-order chi connectivity index (χ1) is 12.0. The van der Waals surface area contributed by atoms with Gasteiger partial charge in [0.05, 0.1) is 16.8 Å². The van der Waals surface area contributed by atoms with E-state index < -0.39 is 0 Å². The number of fused-ring (bicyclic) bond motifs is 1. The second-order valence-corrected chi connectivity index (χ2v) is 7.23. The summed E-state index contributed by atoms with van der Waals surface area (Å²) < 4.78 is 1.11. The molecule has 1 fully saturated rings. The quantitative estimate of drug-likeness (QED) is 0.738. The predicted octanol–water partition coefficient (Wildman–Crippen LogP) is 1.93. The van der Waals surface area contributed by atoms with Crippen LogP contribution in [-0.2, 0) is 16.1 Å². The molecule has 1 saturated heterocycles. The number of likely N-dealkylation sites (N-methyl/N-ethyl adjacent to an activating group) is 1. The summed E-state index contributed by atoms with van der Waals surface area (Å²) >= 11 is 1.58. The molecule has 25 heavy (non-hydrogen) atoms. The third-order valence-electron chi connectivity index (χ3n) is 4.14. The third-order valence-corrected chi connectivity index (χ3v) is 5.16. The molecule has 0 aliphatic carbocycles. The zero-order valence-electron chi connectivity index (χ0n) is 14.3. The van der Waals surface area contributed by atoms with Crippen LogP contribution in [0, 0.1) is 0 Å². The molecular formula is C17H20N4O3S. The van der Waals surface area contributed by atoms with Crippen molar-refractivity contribution >= 4 is 39.4 Å². The molecule has 0 atom stereocenters. The first-order valence-electron chi connectivity index (χ1n) is 8.09. The molecule has 132 valence electrons. The number of imide groups is 1. The lowest BCUT2D eigenvalue weighted by Crippen LogP contribution is -2.33. The highest BCUT2D eigenvalue weighted by molar-refractivity contribution is 7.18. The Balaban J connectivity index is 1.49. The largest absolute Gasteiger partial charge is 0.339 e. The molecule has 7 nitrogen and oxygen atoms in total. The SMILES string of the molecule is CN(Cc1nc2ccccc2s1)C(=O)CCCN1C(=O)CN(C)C1=O. The Morgan fingerprint density at radius 2 is 2.08 bits per heavy atom. The molecule has 0 N–H and O–H groups in total. The molecule has 0 radical (unpaired) electrons. The molecule has 1 aromatic carbocycles. The molecule has 0 spiro atoms. The Hall–Kier alpha value is -2.48. The van der Waals surface area contributed by atoms with Crippen LogP contribution in [0.25, 0.3) is 10.2 Å². The lowest BCUT2D eigenvalue weighted by Gasteiger charge is -2.17. The first-order valence-corrected chi connectivity index (χ1v) is 8.91. The van der Waals surface area contributed by atoms with Crippen molar-refractivity contribution in [1.29, 1.82) is 0 Å². The molecule has 1 aliphatic heterocycles. The molecule has 1 aliphatic rings. The Bertz CT molecular complexity index is 786. The molecule has 4 amide bonds. The van der Waals surface area contributed by atoms with Gasteiger partial charge in [0, 0.05) is 27.1 Å². The van der Waals surface area contributed by atoms with Gasteiger partial charge in [-0.15, -0.1) is 11.3 Å². The average molecular weight is 360 g/mol. The summed E-state index contributed by atoms with van der Waals surface area (Å²) in [6, 6.07) is 7.59. The summed E-state index contributed by atoms with van der Waals surface area (Å²) in [6.07, 6.45) is 0.760. The van der Waals surface area contributed by atoms with Crippen LogP contribution in [0.2, 0.25) is 0 Å². The van der Waals surface area contributed by atoms with Gasteiger partial charge in [0.1, 0.15) is 11.6 Å². The van der Waals surface area contributed by atoms with Gasteiger partial charge in [-0.3, -0.25) is 14.5 Å². The summed E-state index contributed by atoms with van der Waals surface area (Å²) in [4.78, 5) is 44.5. The van der Waals surface area contributed by atoms with Crippen molar-refractivity contribution < 1.29 is 14.4 Å². The van der Waals surface area contributed by atoms with Gasteiger partial charge in [-0.25, -0.2) is 9.78 Å². The van der Waals surface area contributed by atoms with Gasteiger partial charge in [-0.1, -0.05) is 12.1 Å². The number of carbonyl (C=O) groups is 3. The number of rotatable bonds is 6. The van der Waals surface area contributed by atoms with E-state index in [1.54, 1.807) is 30.3 Å². The van der Waals surface area contributed by atoms with E-state index in [1.165, 1.54) is 9.80 Å². The highest BCUT2D eigenvalue weighted by Gasteiger charge is 2.32. The van der Waals surface area contributed by atoms with E-state index in [4.69, 9.17) is 0 Å². The number of amides is 4. The maximum absolute atomic E-state index is 12.3. The van der Waals surface area contributed by atoms with Gasteiger partial charge >= 0.3 is 6.03 Å². The Morgan fingerprint density at radius 1 is 1.32 bits per heavy atom. The van der Waals surface area contributed by atoms with Crippen molar-refractivity contribution in [3.05, 3.63) is 29.3 Å². The average Bonchev–Trinajstić information content (AvgIpc) is 3.09. The summed E-state index contributed by atoms with van der Waals surface area (Å²) in [5.41, 5.74) is 0.943. The highest BCUT2D eigenvalue weighted by atomic mass is 32.1. The summed E-state index contributed by atoms with van der Waals surface area (Å²) in [5.74, 6) is -0.227. The summed E-state index contributed by atoms with van der Waals surface area (Å²) in [7, 11) is 3.34. The van der Waals surface area contributed by atoms with Crippen LogP contribution >= 0.6 is 11.3 Å². The van der Waals surface area contributed by atoms with Crippen molar-refractivity contribution in [2.75, 3.05) is 27.2 Å². The number of thiazole rings is 1. The van der Waals surface area contributed by atoms with E-state index >= 15 is 0 Å². The standard InChI is InChI=1S/C17H20N4O3S/c1-19(10-14-18-12-6-3-4-7-13(12)25-14)15(22)8-5-9-21-16(23)11-20(2)17(21)24/h3-4,6-7H,5,8-11H2,1-2H3. The topological polar surface area (TPSA) is 73.8 Å². The lowest BCUT2D eigenvalue weighted by molar-refractivity contribution is -0.131. The maximum Gasteiger partial charge on any atom is 0.326 e. The van der Waals surface area contributed by atoms with Crippen molar-refractivity contribution in [2.45, 2.75) is 19.4 Å². The summed E-state index contributed by atoms with van der Waals surface area (Å²) in [6.45, 7) is 0.857. The fraction of sp³-hybridized carbons (Fsp3) is 0.412. The molecule has 0 bridgehead atoms. The second-order valence-electron chi connectivity index (χ2n) is 6.11. The molecule has 0 saturated carbocycles. The van der Waals surface area contributed by atoms with Gasteiger partial charge in [0.25, 0.3) is 0 Å². The number of benzene rings is 1. The van der Waals surface area contributed by atoms with E-state index in [0.29, 0.717) is 19.4 Å². The number of urea groups is 1. The number of hydrogen-bond donors (Lipinski definition) is 0. The highest BCUT2D eigenvalue weighted by Crippen LogP contribution is 2.22. The van der Waals surface area contributed by atoms with E-state index in [0.717, 1.165) is 15.2 Å². The van der Waals surface area contributed by atoms with Gasteiger partial charge in [0.2, 0.25) is 11.8 Å². The van der Waals surface area contributed by atoms with E-state index in [9.17, 15) is 14.4 Å². The van der Waals surface area contributed by atoms with Gasteiger partial charge < -0.3 is 9.80 Å². The summed E-state index contributed by atoms with van der Waals surface area (Å²) in [5, 5.41) is 0.892. The molecule has 0 unspecified atom stereocenters. The Labute approximate surface area is 149 Å². The van der Waals surface area contributed by atoms with E-state index in [-0.39, 0.29) is 30.9 Å². The minimum atomic E-state index is -0.291. The molecular weight excluding hydrogens is 340 g/mol. The van der Waals surface area contributed by atoms with Gasteiger partial charge in [0.15, 0.2) is 0 Å². The van der Waals surface area contributed by atoms with Crippen molar-refractivity contribution in [3.63, 3.8) is 0 Å². The minimum absolute atomic E-state index is 0.0216. The van der Waals surface area contributed by atoms with E-state index in [1.807, 2.05) is 24.3 Å². The minimum Gasteiger partial charge on any atom is -0.339 e. The van der Waals surface area contributed by atoms with Crippen LogP contribution in [0.4, 0.5) is 4.79 Å². The Morgan fingerprint density at radius 3 is 2.76 bits per heavy atom. The lowest BCUT2D eigenvalue weighted by atomic mass is 10.2. The number of para-hydroxylation sites is 1. The number of carbonyl (C=O) groups excluding carboxylic acids is 3. The van der Waals surface area contributed by atoms with Gasteiger partial charge in [-0.05, 0) is 18.6 Å².